The molecule has 1 aliphatic carbocycles. The van der Waals surface area contributed by atoms with Gasteiger partial charge in [-0.25, -0.2) is 9.89 Å². The summed E-state index contributed by atoms with van der Waals surface area (Å²) >= 11 is 1.29. The van der Waals surface area contributed by atoms with Gasteiger partial charge in [0.15, 0.2) is 10.9 Å². The minimum absolute atomic E-state index is 0.000416. The van der Waals surface area contributed by atoms with Crippen molar-refractivity contribution in [2.45, 2.75) is 24.0 Å². The second kappa shape index (κ2) is 5.77. The number of aromatic amines is 1. The van der Waals surface area contributed by atoms with Crippen LogP contribution in [0.1, 0.15) is 29.2 Å². The normalized spacial score (nSPS) is 14.1. The van der Waals surface area contributed by atoms with Gasteiger partial charge in [-0.3, -0.25) is 9.36 Å². The highest BCUT2D eigenvalue weighted by Crippen LogP contribution is 2.36. The number of aromatic nitrogens is 3. The monoisotopic (exact) mass is 305 g/mol. The second-order valence-corrected chi connectivity index (χ2v) is 5.80. The van der Waals surface area contributed by atoms with E-state index in [1.54, 1.807) is 35.9 Å². The zero-order valence-corrected chi connectivity index (χ0v) is 12.4. The molecule has 110 valence electrons. The number of benzene rings is 1. The molecule has 0 radical (unpaired) electrons. The van der Waals surface area contributed by atoms with Crippen molar-refractivity contribution in [2.75, 3.05) is 12.9 Å². The van der Waals surface area contributed by atoms with E-state index in [1.165, 1.54) is 11.8 Å². The van der Waals surface area contributed by atoms with Crippen LogP contribution in [0.2, 0.25) is 0 Å². The number of H-pyrrole nitrogens is 1. The van der Waals surface area contributed by atoms with E-state index in [2.05, 4.69) is 10.2 Å². The van der Waals surface area contributed by atoms with Crippen LogP contribution in [0.3, 0.4) is 0 Å². The van der Waals surface area contributed by atoms with Gasteiger partial charge in [0.1, 0.15) is 5.75 Å². The molecule has 0 atom stereocenters. The highest BCUT2D eigenvalue weighted by atomic mass is 32.2. The zero-order valence-electron chi connectivity index (χ0n) is 11.5. The highest BCUT2D eigenvalue weighted by molar-refractivity contribution is 7.99. The largest absolute Gasteiger partial charge is 0.497 e. The Bertz CT molecular complexity index is 701. The Hall–Kier alpha value is -2.02. The van der Waals surface area contributed by atoms with Crippen LogP contribution in [-0.4, -0.2) is 33.4 Å². The topological polar surface area (TPSA) is 77.0 Å². The Balaban J connectivity index is 1.66. The Morgan fingerprint density at radius 3 is 2.76 bits per heavy atom. The van der Waals surface area contributed by atoms with Gasteiger partial charge in [0.2, 0.25) is 0 Å². The molecule has 0 spiro atoms. The third-order valence-corrected chi connectivity index (χ3v) is 4.28. The summed E-state index contributed by atoms with van der Waals surface area (Å²) in [5.74, 6) is 0.970. The summed E-state index contributed by atoms with van der Waals surface area (Å²) in [5.41, 5.74) is 0.427. The van der Waals surface area contributed by atoms with Gasteiger partial charge in [0, 0.05) is 11.6 Å². The van der Waals surface area contributed by atoms with E-state index in [0.717, 1.165) is 12.8 Å². The SMILES string of the molecule is COc1ccc(C(=O)CSc2n[nH]c(=O)n2C2CC2)cc1. The van der Waals surface area contributed by atoms with Crippen molar-refractivity contribution >= 4 is 17.5 Å². The van der Waals surface area contributed by atoms with Crippen LogP contribution in [0, 0.1) is 0 Å². The fraction of sp³-hybridized carbons (Fsp3) is 0.357. The molecule has 0 saturated heterocycles. The van der Waals surface area contributed by atoms with E-state index in [-0.39, 0.29) is 23.3 Å². The molecule has 7 heteroatoms. The number of methoxy groups -OCH3 is 1. The summed E-state index contributed by atoms with van der Waals surface area (Å²) in [7, 11) is 1.58. The summed E-state index contributed by atoms with van der Waals surface area (Å²) < 4.78 is 6.71. The summed E-state index contributed by atoms with van der Waals surface area (Å²) in [5, 5.41) is 7.02. The van der Waals surface area contributed by atoms with E-state index in [9.17, 15) is 9.59 Å². The molecular weight excluding hydrogens is 290 g/mol. The first kappa shape index (κ1) is 13.9. The number of ketones is 1. The lowest BCUT2D eigenvalue weighted by Crippen LogP contribution is -2.16. The number of nitrogens with one attached hydrogen (secondary N) is 1. The predicted molar refractivity (Wildman–Crippen MR) is 79.2 cm³/mol. The van der Waals surface area contributed by atoms with Crippen LogP contribution in [0.4, 0.5) is 0 Å². The first-order chi connectivity index (χ1) is 10.2. The van der Waals surface area contributed by atoms with E-state index >= 15 is 0 Å². The average Bonchev–Trinajstić information content (AvgIpc) is 3.28. The fourth-order valence-electron chi connectivity index (χ4n) is 2.04. The quantitative estimate of drug-likeness (QED) is 0.651. The number of ether oxygens (including phenoxy) is 1. The van der Waals surface area contributed by atoms with Gasteiger partial charge in [-0.2, -0.15) is 0 Å². The lowest BCUT2D eigenvalue weighted by Gasteiger charge is -2.04. The molecule has 0 unspecified atom stereocenters. The number of hydrogen-bond acceptors (Lipinski definition) is 5. The molecule has 6 nitrogen and oxygen atoms in total. The average molecular weight is 305 g/mol. The van der Waals surface area contributed by atoms with Gasteiger partial charge in [-0.15, -0.1) is 5.10 Å². The van der Waals surface area contributed by atoms with Crippen LogP contribution in [-0.2, 0) is 0 Å². The smallest absolute Gasteiger partial charge is 0.344 e. The minimum atomic E-state index is -0.197. The number of carbonyl (C=O) groups is 1. The van der Waals surface area contributed by atoms with Gasteiger partial charge in [0.05, 0.1) is 12.9 Å². The van der Waals surface area contributed by atoms with Crippen LogP contribution in [0.15, 0.2) is 34.2 Å². The summed E-state index contributed by atoms with van der Waals surface area (Å²) in [4.78, 5) is 23.8. The van der Waals surface area contributed by atoms with Crippen molar-refractivity contribution in [1.82, 2.24) is 14.8 Å². The standard InChI is InChI=1S/C14H15N3O3S/c1-20-11-6-2-9(3-7-11)12(18)8-21-14-16-15-13(19)17(14)10-4-5-10/h2-3,6-7,10H,4-5,8H2,1H3,(H,15,19). The number of nitrogens with zero attached hydrogens (tertiary/aromatic N) is 2. The lowest BCUT2D eigenvalue weighted by molar-refractivity contribution is 0.102. The zero-order chi connectivity index (χ0) is 14.8. The van der Waals surface area contributed by atoms with Gasteiger partial charge < -0.3 is 4.74 Å². The Morgan fingerprint density at radius 2 is 2.14 bits per heavy atom. The van der Waals surface area contributed by atoms with Crippen LogP contribution < -0.4 is 10.4 Å². The molecule has 1 aromatic heterocycles. The number of thioether (sulfide) groups is 1. The molecule has 1 heterocycles. The number of Topliss-reactive ketones (excluding diaryl/α,β-unsaturated/α-hetero) is 1. The third-order valence-electron chi connectivity index (χ3n) is 3.33. The predicted octanol–water partition coefficient (Wildman–Crippen LogP) is 1.89. The Labute approximate surface area is 125 Å². The summed E-state index contributed by atoms with van der Waals surface area (Å²) in [6.07, 6.45) is 2.00. The molecule has 2 aromatic rings. The minimum Gasteiger partial charge on any atom is -0.497 e. The van der Waals surface area contributed by atoms with Gasteiger partial charge >= 0.3 is 5.69 Å². The Kier molecular flexibility index (Phi) is 3.83. The molecule has 0 bridgehead atoms. The summed E-state index contributed by atoms with van der Waals surface area (Å²) in [6, 6.07) is 7.23. The van der Waals surface area contributed by atoms with Crippen LogP contribution in [0.5, 0.6) is 5.75 Å². The number of carbonyl (C=O) groups excluding carboxylic acids is 1. The first-order valence-electron chi connectivity index (χ1n) is 6.66. The molecular formula is C14H15N3O3S. The maximum atomic E-state index is 12.1. The maximum Gasteiger partial charge on any atom is 0.344 e. The van der Waals surface area contributed by atoms with Crippen molar-refractivity contribution in [3.8, 4) is 5.75 Å². The Morgan fingerprint density at radius 1 is 1.43 bits per heavy atom. The molecule has 21 heavy (non-hydrogen) atoms. The van der Waals surface area contributed by atoms with Crippen LogP contribution >= 0.6 is 11.8 Å². The molecule has 1 N–H and O–H groups in total. The molecule has 0 amide bonds. The molecule has 1 saturated carbocycles. The van der Waals surface area contributed by atoms with Crippen molar-refractivity contribution in [3.05, 3.63) is 40.3 Å². The highest BCUT2D eigenvalue weighted by Gasteiger charge is 2.28. The van der Waals surface area contributed by atoms with E-state index < -0.39 is 0 Å². The van der Waals surface area contributed by atoms with E-state index in [1.807, 2.05) is 0 Å². The van der Waals surface area contributed by atoms with E-state index in [4.69, 9.17) is 4.74 Å². The third kappa shape index (κ3) is 3.02. The van der Waals surface area contributed by atoms with Crippen LogP contribution in [0.25, 0.3) is 0 Å². The molecule has 1 aliphatic rings. The first-order valence-corrected chi connectivity index (χ1v) is 7.64. The fourth-order valence-corrected chi connectivity index (χ4v) is 2.95. The van der Waals surface area contributed by atoms with Gasteiger partial charge in [-0.05, 0) is 37.1 Å². The molecule has 3 rings (SSSR count). The molecule has 1 fully saturated rings. The van der Waals surface area contributed by atoms with Gasteiger partial charge in [0.25, 0.3) is 0 Å². The van der Waals surface area contributed by atoms with E-state index in [0.29, 0.717) is 16.5 Å². The van der Waals surface area contributed by atoms with Crippen molar-refractivity contribution in [3.63, 3.8) is 0 Å². The molecule has 0 aliphatic heterocycles. The maximum absolute atomic E-state index is 12.1. The van der Waals surface area contributed by atoms with Crippen molar-refractivity contribution < 1.29 is 9.53 Å². The van der Waals surface area contributed by atoms with Crippen molar-refractivity contribution in [1.29, 1.82) is 0 Å². The van der Waals surface area contributed by atoms with Crippen molar-refractivity contribution in [2.24, 2.45) is 0 Å². The number of hydrogen-bond donors (Lipinski definition) is 1. The van der Waals surface area contributed by atoms with Gasteiger partial charge in [-0.1, -0.05) is 11.8 Å². The summed E-state index contributed by atoms with van der Waals surface area (Å²) in [6.45, 7) is 0. The molecule has 1 aromatic carbocycles. The second-order valence-electron chi connectivity index (χ2n) is 4.85. The number of rotatable bonds is 6. The lowest BCUT2D eigenvalue weighted by atomic mass is 10.1.